The van der Waals surface area contributed by atoms with Gasteiger partial charge >= 0.3 is 0 Å². The molecule has 0 aromatic carbocycles. The molecule has 1 rings (SSSR count). The van der Waals surface area contributed by atoms with Crippen molar-refractivity contribution in [3.63, 3.8) is 0 Å². The Morgan fingerprint density at radius 1 is 1.71 bits per heavy atom. The second kappa shape index (κ2) is 5.79. The normalized spacial score (nSPS) is 21.5. The Hall–Kier alpha value is -0.850. The fraction of sp³-hybridized carbons (Fsp3) is 0.615. The molecule has 0 amide bonds. The van der Waals surface area contributed by atoms with Crippen LogP contribution in [0.3, 0.4) is 0 Å². The van der Waals surface area contributed by atoms with Crippen LogP contribution in [0.15, 0.2) is 24.3 Å². The van der Waals surface area contributed by atoms with Crippen molar-refractivity contribution in [3.05, 3.63) is 24.3 Å². The summed E-state index contributed by atoms with van der Waals surface area (Å²) in [5.41, 5.74) is 1.08. The number of Topliss-reactive ketones (excluding diaryl/α,β-unsaturated/α-hetero) is 1. The summed E-state index contributed by atoms with van der Waals surface area (Å²) in [6.45, 7) is 5.90. The van der Waals surface area contributed by atoms with Gasteiger partial charge in [-0.1, -0.05) is 19.1 Å². The Balaban J connectivity index is 2.33. The smallest absolute Gasteiger partial charge is 0.158 e. The summed E-state index contributed by atoms with van der Waals surface area (Å²) in [5, 5.41) is 0. The molecule has 0 fully saturated rings. The summed E-state index contributed by atoms with van der Waals surface area (Å²) in [4.78, 5) is 11.7. The number of hydrogen-bond acceptors (Lipinski definition) is 1. The zero-order valence-corrected chi connectivity index (χ0v) is 9.09. The minimum Gasteiger partial charge on any atom is -0.295 e. The molecule has 0 spiro atoms. The van der Waals surface area contributed by atoms with E-state index < -0.39 is 0 Å². The Bertz CT molecular complexity index is 238. The standard InChI is InChI=1S/C13H20O/c1-3-4-5-6-13(14)12-9-7-11(2)8-10-12/h3,9,11H,1,4-8,10H2,2H3. The Morgan fingerprint density at radius 3 is 3.07 bits per heavy atom. The molecular formula is C13H20O. The predicted molar refractivity (Wildman–Crippen MR) is 60.2 cm³/mol. The number of carbonyl (C=O) groups is 1. The summed E-state index contributed by atoms with van der Waals surface area (Å²) >= 11 is 0. The van der Waals surface area contributed by atoms with Crippen molar-refractivity contribution in [1.29, 1.82) is 0 Å². The summed E-state index contributed by atoms with van der Waals surface area (Å²) in [6, 6.07) is 0. The van der Waals surface area contributed by atoms with Crippen molar-refractivity contribution in [3.8, 4) is 0 Å². The monoisotopic (exact) mass is 192 g/mol. The van der Waals surface area contributed by atoms with Gasteiger partial charge in [0.2, 0.25) is 0 Å². The van der Waals surface area contributed by atoms with E-state index in [-0.39, 0.29) is 0 Å². The first-order valence-corrected chi connectivity index (χ1v) is 5.57. The van der Waals surface area contributed by atoms with Crippen LogP contribution < -0.4 is 0 Å². The zero-order valence-electron chi connectivity index (χ0n) is 9.09. The van der Waals surface area contributed by atoms with Gasteiger partial charge in [-0.2, -0.15) is 0 Å². The van der Waals surface area contributed by atoms with Crippen LogP contribution in [0.25, 0.3) is 0 Å². The van der Waals surface area contributed by atoms with Gasteiger partial charge in [0.25, 0.3) is 0 Å². The van der Waals surface area contributed by atoms with Gasteiger partial charge in [0.15, 0.2) is 5.78 Å². The molecule has 0 heterocycles. The molecule has 1 aliphatic carbocycles. The van der Waals surface area contributed by atoms with Crippen molar-refractivity contribution in [1.82, 2.24) is 0 Å². The third-order valence-corrected chi connectivity index (χ3v) is 2.84. The second-order valence-electron chi connectivity index (χ2n) is 4.21. The average Bonchev–Trinajstić information content (AvgIpc) is 2.19. The van der Waals surface area contributed by atoms with Crippen molar-refractivity contribution in [2.75, 3.05) is 0 Å². The van der Waals surface area contributed by atoms with E-state index >= 15 is 0 Å². The fourth-order valence-electron chi connectivity index (χ4n) is 1.79. The lowest BCUT2D eigenvalue weighted by molar-refractivity contribution is -0.115. The maximum atomic E-state index is 11.7. The number of rotatable bonds is 5. The molecule has 1 heteroatoms. The maximum absolute atomic E-state index is 11.7. The van der Waals surface area contributed by atoms with Gasteiger partial charge in [-0.25, -0.2) is 0 Å². The molecule has 78 valence electrons. The zero-order chi connectivity index (χ0) is 10.4. The Morgan fingerprint density at radius 2 is 2.50 bits per heavy atom. The highest BCUT2D eigenvalue weighted by molar-refractivity contribution is 5.95. The van der Waals surface area contributed by atoms with E-state index in [0.29, 0.717) is 12.2 Å². The quantitative estimate of drug-likeness (QED) is 0.480. The minimum absolute atomic E-state index is 0.360. The average molecular weight is 192 g/mol. The van der Waals surface area contributed by atoms with Crippen molar-refractivity contribution < 1.29 is 4.79 Å². The molecule has 1 unspecified atom stereocenters. The van der Waals surface area contributed by atoms with E-state index in [4.69, 9.17) is 0 Å². The number of carbonyl (C=O) groups excluding carboxylic acids is 1. The van der Waals surface area contributed by atoms with Crippen molar-refractivity contribution in [2.24, 2.45) is 5.92 Å². The molecule has 0 aromatic heterocycles. The summed E-state index contributed by atoms with van der Waals surface area (Å²) in [6.07, 6.45) is 9.89. The second-order valence-corrected chi connectivity index (χ2v) is 4.21. The SMILES string of the molecule is C=CCCCC(=O)C1=CCC(C)CC1. The molecule has 1 atom stereocenters. The lowest BCUT2D eigenvalue weighted by Crippen LogP contribution is -2.09. The first-order chi connectivity index (χ1) is 6.74. The molecule has 14 heavy (non-hydrogen) atoms. The van der Waals surface area contributed by atoms with Crippen LogP contribution in [0.2, 0.25) is 0 Å². The lowest BCUT2D eigenvalue weighted by atomic mass is 9.88. The molecule has 0 saturated heterocycles. The summed E-state index contributed by atoms with van der Waals surface area (Å²) in [7, 11) is 0. The topological polar surface area (TPSA) is 17.1 Å². The van der Waals surface area contributed by atoms with E-state index in [0.717, 1.165) is 37.2 Å². The molecule has 0 aliphatic heterocycles. The third kappa shape index (κ3) is 3.49. The van der Waals surface area contributed by atoms with E-state index in [1.54, 1.807) is 0 Å². The molecule has 0 bridgehead atoms. The van der Waals surface area contributed by atoms with Crippen LogP contribution in [0, 0.1) is 5.92 Å². The van der Waals surface area contributed by atoms with Gasteiger partial charge in [-0.3, -0.25) is 4.79 Å². The van der Waals surface area contributed by atoms with E-state index in [1.807, 2.05) is 6.08 Å². The molecular weight excluding hydrogens is 172 g/mol. The van der Waals surface area contributed by atoms with Gasteiger partial charge in [0, 0.05) is 6.42 Å². The minimum atomic E-state index is 0.360. The predicted octanol–water partition coefficient (Wildman–Crippen LogP) is 3.66. The van der Waals surface area contributed by atoms with Crippen LogP contribution in [-0.2, 0) is 4.79 Å². The number of hydrogen-bond donors (Lipinski definition) is 0. The van der Waals surface area contributed by atoms with Crippen LogP contribution in [-0.4, -0.2) is 5.78 Å². The largest absolute Gasteiger partial charge is 0.295 e. The number of allylic oxidation sites excluding steroid dienone is 3. The van der Waals surface area contributed by atoms with Gasteiger partial charge in [-0.15, -0.1) is 6.58 Å². The Labute approximate surface area is 86.9 Å². The maximum Gasteiger partial charge on any atom is 0.158 e. The molecule has 0 N–H and O–H groups in total. The van der Waals surface area contributed by atoms with Crippen LogP contribution >= 0.6 is 0 Å². The van der Waals surface area contributed by atoms with E-state index in [2.05, 4.69) is 19.6 Å². The highest BCUT2D eigenvalue weighted by atomic mass is 16.1. The lowest BCUT2D eigenvalue weighted by Gasteiger charge is -2.17. The highest BCUT2D eigenvalue weighted by Crippen LogP contribution is 2.24. The first-order valence-electron chi connectivity index (χ1n) is 5.57. The van der Waals surface area contributed by atoms with Crippen LogP contribution in [0.1, 0.15) is 45.4 Å². The summed E-state index contributed by atoms with van der Waals surface area (Å²) in [5.74, 6) is 1.12. The van der Waals surface area contributed by atoms with Crippen molar-refractivity contribution in [2.45, 2.75) is 45.4 Å². The van der Waals surface area contributed by atoms with Gasteiger partial charge in [0.05, 0.1) is 0 Å². The number of unbranched alkanes of at least 4 members (excludes halogenated alkanes) is 1. The molecule has 1 aliphatic rings. The van der Waals surface area contributed by atoms with Crippen molar-refractivity contribution >= 4 is 5.78 Å². The molecule has 1 nitrogen and oxygen atoms in total. The highest BCUT2D eigenvalue weighted by Gasteiger charge is 2.14. The number of ketones is 1. The Kier molecular flexibility index (Phi) is 4.64. The van der Waals surface area contributed by atoms with E-state index in [1.165, 1.54) is 6.42 Å². The van der Waals surface area contributed by atoms with Crippen LogP contribution in [0.4, 0.5) is 0 Å². The van der Waals surface area contributed by atoms with Gasteiger partial charge in [-0.05, 0) is 43.6 Å². The fourth-order valence-corrected chi connectivity index (χ4v) is 1.79. The molecule has 0 saturated carbocycles. The van der Waals surface area contributed by atoms with Gasteiger partial charge < -0.3 is 0 Å². The molecule has 0 aromatic rings. The van der Waals surface area contributed by atoms with E-state index in [9.17, 15) is 4.79 Å². The van der Waals surface area contributed by atoms with Crippen LogP contribution in [0.5, 0.6) is 0 Å². The third-order valence-electron chi connectivity index (χ3n) is 2.84. The first kappa shape index (κ1) is 11.2. The molecule has 0 radical (unpaired) electrons. The van der Waals surface area contributed by atoms with Gasteiger partial charge in [0.1, 0.15) is 0 Å². The summed E-state index contributed by atoms with van der Waals surface area (Å²) < 4.78 is 0.